The predicted molar refractivity (Wildman–Crippen MR) is 42.2 cm³/mol. The molecule has 0 aromatic carbocycles. The Morgan fingerprint density at radius 3 is 2.50 bits per heavy atom. The smallest absolute Gasteiger partial charge is 0.105 e. The highest BCUT2D eigenvalue weighted by Crippen LogP contribution is 1.89. The van der Waals surface area contributed by atoms with Gasteiger partial charge in [0, 0.05) is 6.42 Å². The Balaban J connectivity index is 3.31. The van der Waals surface area contributed by atoms with Crippen molar-refractivity contribution in [3.8, 4) is 23.7 Å². The van der Waals surface area contributed by atoms with Crippen LogP contribution >= 0.6 is 0 Å². The van der Waals surface area contributed by atoms with E-state index in [4.69, 9.17) is 5.11 Å². The third-order valence-electron chi connectivity index (χ3n) is 0.974. The second-order valence-corrected chi connectivity index (χ2v) is 1.87. The summed E-state index contributed by atoms with van der Waals surface area (Å²) in [4.78, 5) is 0. The lowest BCUT2D eigenvalue weighted by Gasteiger charge is -1.80. The molecule has 0 fully saturated rings. The molecule has 0 bridgehead atoms. The van der Waals surface area contributed by atoms with Crippen LogP contribution in [-0.4, -0.2) is 11.7 Å². The van der Waals surface area contributed by atoms with Gasteiger partial charge in [0.1, 0.15) is 6.61 Å². The van der Waals surface area contributed by atoms with Gasteiger partial charge in [-0.2, -0.15) is 0 Å². The van der Waals surface area contributed by atoms with Crippen molar-refractivity contribution < 1.29 is 5.11 Å². The minimum absolute atomic E-state index is 0.0948. The summed E-state index contributed by atoms with van der Waals surface area (Å²) in [5.41, 5.74) is 0. The van der Waals surface area contributed by atoms with E-state index in [9.17, 15) is 0 Å². The van der Waals surface area contributed by atoms with Crippen molar-refractivity contribution in [2.24, 2.45) is 0 Å². The largest absolute Gasteiger partial charge is 0.384 e. The molecule has 0 unspecified atom stereocenters. The summed E-state index contributed by atoms with van der Waals surface area (Å²) in [5.74, 6) is 10.5. The highest BCUT2D eigenvalue weighted by Gasteiger charge is 1.73. The molecular weight excluding hydrogens is 124 g/mol. The first-order chi connectivity index (χ1) is 4.91. The molecule has 0 atom stereocenters. The highest BCUT2D eigenvalue weighted by molar-refractivity contribution is 5.25. The summed E-state index contributed by atoms with van der Waals surface area (Å²) in [7, 11) is 0. The van der Waals surface area contributed by atoms with Crippen LogP contribution < -0.4 is 0 Å². The second kappa shape index (κ2) is 8.08. The molecule has 0 heterocycles. The van der Waals surface area contributed by atoms with E-state index >= 15 is 0 Å². The molecule has 0 aromatic heterocycles. The molecule has 0 amide bonds. The van der Waals surface area contributed by atoms with Gasteiger partial charge >= 0.3 is 0 Å². The first-order valence-electron chi connectivity index (χ1n) is 3.48. The lowest BCUT2D eigenvalue weighted by Crippen LogP contribution is -1.69. The van der Waals surface area contributed by atoms with E-state index in [0.717, 1.165) is 12.8 Å². The van der Waals surface area contributed by atoms with Crippen LogP contribution in [0, 0.1) is 23.7 Å². The van der Waals surface area contributed by atoms with Crippen molar-refractivity contribution in [2.45, 2.75) is 26.2 Å². The zero-order valence-electron chi connectivity index (χ0n) is 6.28. The van der Waals surface area contributed by atoms with Gasteiger partial charge in [-0.05, 0) is 18.3 Å². The second-order valence-electron chi connectivity index (χ2n) is 1.87. The normalized spacial score (nSPS) is 7.00. The molecule has 0 saturated heterocycles. The molecule has 0 saturated carbocycles. The van der Waals surface area contributed by atoms with Crippen LogP contribution in [0.2, 0.25) is 0 Å². The summed E-state index contributed by atoms with van der Waals surface area (Å²) < 4.78 is 0. The van der Waals surface area contributed by atoms with Crippen LogP contribution in [0.5, 0.6) is 0 Å². The van der Waals surface area contributed by atoms with Gasteiger partial charge in [-0.1, -0.05) is 25.2 Å². The van der Waals surface area contributed by atoms with E-state index in [1.807, 2.05) is 0 Å². The molecule has 54 valence electrons. The molecule has 0 aliphatic heterocycles. The first kappa shape index (κ1) is 9.08. The summed E-state index contributed by atoms with van der Waals surface area (Å²) >= 11 is 0. The quantitative estimate of drug-likeness (QED) is 0.446. The third-order valence-corrected chi connectivity index (χ3v) is 0.974. The number of aliphatic hydroxyl groups excluding tert-OH is 1. The fourth-order valence-electron chi connectivity index (χ4n) is 0.456. The third kappa shape index (κ3) is 7.08. The van der Waals surface area contributed by atoms with Gasteiger partial charge in [-0.15, -0.1) is 0 Å². The average Bonchev–Trinajstić information content (AvgIpc) is 1.97. The van der Waals surface area contributed by atoms with E-state index in [2.05, 4.69) is 30.6 Å². The van der Waals surface area contributed by atoms with E-state index < -0.39 is 0 Å². The van der Waals surface area contributed by atoms with Gasteiger partial charge in [-0.25, -0.2) is 0 Å². The lowest BCUT2D eigenvalue weighted by molar-refractivity contribution is 0.350. The maximum atomic E-state index is 8.23. The minimum Gasteiger partial charge on any atom is -0.384 e. The SMILES string of the molecule is CCCCC#CC#CCO. The fourth-order valence-corrected chi connectivity index (χ4v) is 0.456. The Kier molecular flexibility index (Phi) is 7.34. The molecule has 0 rings (SSSR count). The zero-order valence-corrected chi connectivity index (χ0v) is 6.28. The molecule has 1 N–H and O–H groups in total. The monoisotopic (exact) mass is 136 g/mol. The number of hydrogen-bond acceptors (Lipinski definition) is 1. The Labute approximate surface area is 62.5 Å². The molecule has 0 aliphatic carbocycles. The average molecular weight is 136 g/mol. The highest BCUT2D eigenvalue weighted by atomic mass is 16.2. The molecule has 0 spiro atoms. The summed E-state index contributed by atoms with van der Waals surface area (Å²) in [6, 6.07) is 0. The molecular formula is C9H12O. The van der Waals surface area contributed by atoms with Crippen LogP contribution in [0.15, 0.2) is 0 Å². The number of rotatable bonds is 2. The topological polar surface area (TPSA) is 20.2 Å². The van der Waals surface area contributed by atoms with Crippen molar-refractivity contribution >= 4 is 0 Å². The minimum atomic E-state index is -0.0948. The number of hydrogen-bond donors (Lipinski definition) is 1. The van der Waals surface area contributed by atoms with E-state index in [-0.39, 0.29) is 6.61 Å². The van der Waals surface area contributed by atoms with Gasteiger partial charge < -0.3 is 5.11 Å². The molecule has 1 nitrogen and oxygen atoms in total. The summed E-state index contributed by atoms with van der Waals surface area (Å²) in [5, 5.41) is 8.23. The lowest BCUT2D eigenvalue weighted by atomic mass is 10.2. The van der Waals surface area contributed by atoms with E-state index in [1.54, 1.807) is 0 Å². The Morgan fingerprint density at radius 2 is 1.90 bits per heavy atom. The van der Waals surface area contributed by atoms with Gasteiger partial charge in [0.15, 0.2) is 0 Å². The number of aliphatic hydroxyl groups is 1. The van der Waals surface area contributed by atoms with Crippen LogP contribution in [0.25, 0.3) is 0 Å². The fraction of sp³-hybridized carbons (Fsp3) is 0.556. The van der Waals surface area contributed by atoms with E-state index in [0.29, 0.717) is 0 Å². The maximum Gasteiger partial charge on any atom is 0.105 e. The van der Waals surface area contributed by atoms with Gasteiger partial charge in [0.25, 0.3) is 0 Å². The van der Waals surface area contributed by atoms with Gasteiger partial charge in [0.2, 0.25) is 0 Å². The molecule has 0 radical (unpaired) electrons. The molecule has 1 heteroatoms. The predicted octanol–water partition coefficient (Wildman–Crippen LogP) is 1.18. The number of unbranched alkanes of at least 4 members (excludes halogenated alkanes) is 2. The van der Waals surface area contributed by atoms with E-state index in [1.165, 1.54) is 6.42 Å². The Hall–Kier alpha value is -0.920. The van der Waals surface area contributed by atoms with Gasteiger partial charge in [0.05, 0.1) is 0 Å². The van der Waals surface area contributed by atoms with Gasteiger partial charge in [-0.3, -0.25) is 0 Å². The molecule has 0 aromatic rings. The standard InChI is InChI=1S/C9H12O/c1-2-3-4-5-6-7-8-9-10/h10H,2-4,9H2,1H3. The van der Waals surface area contributed by atoms with Crippen molar-refractivity contribution in [1.29, 1.82) is 0 Å². The van der Waals surface area contributed by atoms with Crippen LogP contribution in [-0.2, 0) is 0 Å². The summed E-state index contributed by atoms with van der Waals surface area (Å²) in [6.07, 6.45) is 3.21. The van der Waals surface area contributed by atoms with Crippen LogP contribution in [0.4, 0.5) is 0 Å². The Bertz CT molecular complexity index is 172. The van der Waals surface area contributed by atoms with Crippen molar-refractivity contribution in [3.63, 3.8) is 0 Å². The zero-order chi connectivity index (χ0) is 7.66. The van der Waals surface area contributed by atoms with Crippen LogP contribution in [0.1, 0.15) is 26.2 Å². The summed E-state index contributed by atoms with van der Waals surface area (Å²) in [6.45, 7) is 2.03. The maximum absolute atomic E-state index is 8.23. The Morgan fingerprint density at radius 1 is 1.20 bits per heavy atom. The van der Waals surface area contributed by atoms with Crippen molar-refractivity contribution in [3.05, 3.63) is 0 Å². The first-order valence-corrected chi connectivity index (χ1v) is 3.48. The van der Waals surface area contributed by atoms with Crippen molar-refractivity contribution in [1.82, 2.24) is 0 Å². The molecule has 0 aliphatic rings. The molecule has 10 heavy (non-hydrogen) atoms. The van der Waals surface area contributed by atoms with Crippen LogP contribution in [0.3, 0.4) is 0 Å². The van der Waals surface area contributed by atoms with Crippen molar-refractivity contribution in [2.75, 3.05) is 6.61 Å².